The number of carbonyl (C=O) groups excluding carboxylic acids is 1. The molecule has 0 radical (unpaired) electrons. The SMILES string of the molecule is CCOC(=O)c1cncnc1OC1=COC(Cc2ccccc2)O1. The summed E-state index contributed by atoms with van der Waals surface area (Å²) in [6.07, 6.45) is 4.03. The average Bonchev–Trinajstić information content (AvgIpc) is 3.03. The van der Waals surface area contributed by atoms with Gasteiger partial charge in [-0.1, -0.05) is 30.3 Å². The molecule has 0 amide bonds. The summed E-state index contributed by atoms with van der Waals surface area (Å²) >= 11 is 0. The first-order chi connectivity index (χ1) is 11.8. The molecule has 7 nitrogen and oxygen atoms in total. The Morgan fingerprint density at radius 1 is 1.29 bits per heavy atom. The highest BCUT2D eigenvalue weighted by atomic mass is 16.8. The third-order valence-electron chi connectivity index (χ3n) is 3.18. The van der Waals surface area contributed by atoms with E-state index in [1.807, 2.05) is 30.3 Å². The molecule has 1 atom stereocenters. The lowest BCUT2D eigenvalue weighted by Gasteiger charge is -2.12. The molecule has 3 rings (SSSR count). The molecule has 0 bridgehead atoms. The van der Waals surface area contributed by atoms with E-state index in [4.69, 9.17) is 18.9 Å². The maximum Gasteiger partial charge on any atom is 0.345 e. The summed E-state index contributed by atoms with van der Waals surface area (Å²) in [6.45, 7) is 1.96. The van der Waals surface area contributed by atoms with Gasteiger partial charge in [0.2, 0.25) is 12.2 Å². The highest BCUT2D eigenvalue weighted by Gasteiger charge is 2.24. The number of hydrogen-bond donors (Lipinski definition) is 0. The lowest BCUT2D eigenvalue weighted by molar-refractivity contribution is -0.0525. The van der Waals surface area contributed by atoms with Gasteiger partial charge in [-0.25, -0.2) is 14.8 Å². The summed E-state index contributed by atoms with van der Waals surface area (Å²) in [4.78, 5) is 19.6. The van der Waals surface area contributed by atoms with Crippen LogP contribution in [0.4, 0.5) is 0 Å². The molecule has 2 heterocycles. The number of carbonyl (C=O) groups is 1. The Kier molecular flexibility index (Phi) is 4.90. The number of rotatable bonds is 6. The molecule has 1 aliphatic rings. The third kappa shape index (κ3) is 3.81. The van der Waals surface area contributed by atoms with Gasteiger partial charge < -0.3 is 18.9 Å². The summed E-state index contributed by atoms with van der Waals surface area (Å²) in [5.74, 6) is -0.382. The standard InChI is InChI=1S/C17H16N2O5/c1-2-21-17(20)13-9-18-11-19-16(13)24-15-10-22-14(23-15)8-12-6-4-3-5-7-12/h3-7,9-11,14H,2,8H2,1H3. The molecule has 2 aromatic rings. The van der Waals surface area contributed by atoms with Crippen molar-refractivity contribution < 1.29 is 23.7 Å². The molecule has 24 heavy (non-hydrogen) atoms. The number of aromatic nitrogens is 2. The van der Waals surface area contributed by atoms with Gasteiger partial charge in [0.1, 0.15) is 11.9 Å². The molecule has 0 spiro atoms. The van der Waals surface area contributed by atoms with Gasteiger partial charge in [0.15, 0.2) is 6.26 Å². The van der Waals surface area contributed by atoms with Gasteiger partial charge in [-0.2, -0.15) is 0 Å². The monoisotopic (exact) mass is 328 g/mol. The second-order valence-corrected chi connectivity index (χ2v) is 4.87. The van der Waals surface area contributed by atoms with Crippen LogP contribution in [0.5, 0.6) is 5.88 Å². The summed E-state index contributed by atoms with van der Waals surface area (Å²) in [5, 5.41) is 0. The molecule has 7 heteroatoms. The van der Waals surface area contributed by atoms with Crippen molar-refractivity contribution in [2.75, 3.05) is 6.61 Å². The Balaban J connectivity index is 1.63. The molecule has 0 saturated heterocycles. The summed E-state index contributed by atoms with van der Waals surface area (Å²) in [5.41, 5.74) is 1.20. The van der Waals surface area contributed by atoms with Gasteiger partial charge in [0, 0.05) is 12.6 Å². The first kappa shape index (κ1) is 15.8. The van der Waals surface area contributed by atoms with E-state index in [0.717, 1.165) is 5.56 Å². The van der Waals surface area contributed by atoms with E-state index in [1.165, 1.54) is 18.8 Å². The van der Waals surface area contributed by atoms with E-state index in [9.17, 15) is 4.79 Å². The van der Waals surface area contributed by atoms with Crippen LogP contribution in [0.25, 0.3) is 0 Å². The Bertz CT molecular complexity index is 733. The molecular weight excluding hydrogens is 312 g/mol. The van der Waals surface area contributed by atoms with Crippen LogP contribution in [-0.4, -0.2) is 28.8 Å². The lowest BCUT2D eigenvalue weighted by Crippen LogP contribution is -2.14. The topological polar surface area (TPSA) is 79.8 Å². The van der Waals surface area contributed by atoms with Crippen LogP contribution in [0, 0.1) is 0 Å². The van der Waals surface area contributed by atoms with Crippen molar-refractivity contribution in [1.82, 2.24) is 9.97 Å². The zero-order valence-corrected chi connectivity index (χ0v) is 13.0. The Morgan fingerprint density at radius 2 is 2.12 bits per heavy atom. The normalized spacial score (nSPS) is 15.9. The molecule has 1 aliphatic heterocycles. The molecule has 124 valence electrons. The van der Waals surface area contributed by atoms with Crippen molar-refractivity contribution in [1.29, 1.82) is 0 Å². The van der Waals surface area contributed by atoms with Crippen LogP contribution in [0.1, 0.15) is 22.8 Å². The summed E-state index contributed by atoms with van der Waals surface area (Å²) in [7, 11) is 0. The molecule has 0 saturated carbocycles. The molecule has 0 fully saturated rings. The van der Waals surface area contributed by atoms with Gasteiger partial charge in [0.05, 0.1) is 6.61 Å². The number of ether oxygens (including phenoxy) is 4. The highest BCUT2D eigenvalue weighted by molar-refractivity contribution is 5.91. The van der Waals surface area contributed by atoms with Gasteiger partial charge >= 0.3 is 11.9 Å². The van der Waals surface area contributed by atoms with Crippen molar-refractivity contribution >= 4 is 5.97 Å². The summed E-state index contributed by atoms with van der Waals surface area (Å²) in [6, 6.07) is 9.80. The first-order valence-electron chi connectivity index (χ1n) is 7.47. The van der Waals surface area contributed by atoms with Crippen LogP contribution < -0.4 is 4.74 Å². The van der Waals surface area contributed by atoms with Crippen molar-refractivity contribution in [3.63, 3.8) is 0 Å². The summed E-state index contributed by atoms with van der Waals surface area (Å²) < 4.78 is 21.4. The van der Waals surface area contributed by atoms with Gasteiger partial charge in [-0.15, -0.1) is 0 Å². The van der Waals surface area contributed by atoms with E-state index < -0.39 is 12.3 Å². The molecule has 1 unspecified atom stereocenters. The molecule has 1 aromatic heterocycles. The van der Waals surface area contributed by atoms with E-state index in [1.54, 1.807) is 6.92 Å². The fourth-order valence-corrected chi connectivity index (χ4v) is 2.10. The highest BCUT2D eigenvalue weighted by Crippen LogP contribution is 2.23. The zero-order chi connectivity index (χ0) is 16.8. The molecule has 0 aliphatic carbocycles. The second-order valence-electron chi connectivity index (χ2n) is 4.87. The smallest absolute Gasteiger partial charge is 0.345 e. The number of esters is 1. The van der Waals surface area contributed by atoms with E-state index in [-0.39, 0.29) is 24.0 Å². The van der Waals surface area contributed by atoms with Gasteiger partial charge in [-0.05, 0) is 12.5 Å². The first-order valence-corrected chi connectivity index (χ1v) is 7.47. The van der Waals surface area contributed by atoms with Crippen molar-refractivity contribution in [3.05, 3.63) is 66.2 Å². The maximum absolute atomic E-state index is 11.9. The molecule has 0 N–H and O–H groups in total. The van der Waals surface area contributed by atoms with Crippen molar-refractivity contribution in [2.24, 2.45) is 0 Å². The van der Waals surface area contributed by atoms with E-state index >= 15 is 0 Å². The van der Waals surface area contributed by atoms with Crippen LogP contribution in [-0.2, 0) is 20.6 Å². The van der Waals surface area contributed by atoms with Crippen LogP contribution >= 0.6 is 0 Å². The quantitative estimate of drug-likeness (QED) is 0.753. The fraction of sp³-hybridized carbons (Fsp3) is 0.235. The fourth-order valence-electron chi connectivity index (χ4n) is 2.10. The van der Waals surface area contributed by atoms with Crippen molar-refractivity contribution in [3.8, 4) is 5.88 Å². The zero-order valence-electron chi connectivity index (χ0n) is 13.0. The predicted molar refractivity (Wildman–Crippen MR) is 82.8 cm³/mol. The van der Waals surface area contributed by atoms with Crippen LogP contribution in [0.15, 0.2) is 55.1 Å². The Labute approximate surface area is 138 Å². The van der Waals surface area contributed by atoms with Gasteiger partial charge in [-0.3, -0.25) is 0 Å². The van der Waals surface area contributed by atoms with Crippen molar-refractivity contribution in [2.45, 2.75) is 19.6 Å². The largest absolute Gasteiger partial charge is 0.462 e. The maximum atomic E-state index is 11.9. The number of hydrogen-bond acceptors (Lipinski definition) is 7. The van der Waals surface area contributed by atoms with E-state index in [0.29, 0.717) is 6.42 Å². The van der Waals surface area contributed by atoms with Gasteiger partial charge in [0.25, 0.3) is 0 Å². The number of nitrogens with zero attached hydrogens (tertiary/aromatic N) is 2. The third-order valence-corrected chi connectivity index (χ3v) is 3.18. The van der Waals surface area contributed by atoms with E-state index in [2.05, 4.69) is 9.97 Å². The van der Waals surface area contributed by atoms with Crippen LogP contribution in [0.3, 0.4) is 0 Å². The predicted octanol–water partition coefficient (Wildman–Crippen LogP) is 2.45. The minimum Gasteiger partial charge on any atom is -0.462 e. The van der Waals surface area contributed by atoms with Crippen LogP contribution in [0.2, 0.25) is 0 Å². The minimum absolute atomic E-state index is 0.0543. The number of benzene rings is 1. The average molecular weight is 328 g/mol. The Hall–Kier alpha value is -3.09. The second kappa shape index (κ2) is 7.45. The lowest BCUT2D eigenvalue weighted by atomic mass is 10.1. The Morgan fingerprint density at radius 3 is 2.92 bits per heavy atom. The minimum atomic E-state index is -0.562. The molecular formula is C17H16N2O5. The molecule has 1 aromatic carbocycles.